The smallest absolute Gasteiger partial charge is 0.252 e. The van der Waals surface area contributed by atoms with Gasteiger partial charge in [-0.15, -0.1) is 0 Å². The van der Waals surface area contributed by atoms with E-state index in [9.17, 15) is 4.79 Å². The van der Waals surface area contributed by atoms with Crippen LogP contribution in [0.2, 0.25) is 0 Å². The Kier molecular flexibility index (Phi) is 2.99. The SMILES string of the molecule is CCC1CC1Nc1cc(=O)[nH]c(C(C)C)n1. The Morgan fingerprint density at radius 3 is 2.94 bits per heavy atom. The first-order chi connectivity index (χ1) is 7.60. The molecule has 4 nitrogen and oxygen atoms in total. The van der Waals surface area contributed by atoms with Crippen molar-refractivity contribution in [3.8, 4) is 0 Å². The molecule has 88 valence electrons. The van der Waals surface area contributed by atoms with Crippen molar-refractivity contribution in [2.24, 2.45) is 5.92 Å². The van der Waals surface area contributed by atoms with E-state index in [1.807, 2.05) is 13.8 Å². The molecule has 16 heavy (non-hydrogen) atoms. The number of aromatic nitrogens is 2. The number of H-pyrrole nitrogens is 1. The molecule has 2 rings (SSSR count). The zero-order valence-corrected chi connectivity index (χ0v) is 10.1. The lowest BCUT2D eigenvalue weighted by Gasteiger charge is -2.08. The molecule has 2 atom stereocenters. The zero-order chi connectivity index (χ0) is 11.7. The summed E-state index contributed by atoms with van der Waals surface area (Å²) in [5.74, 6) is 2.47. The molecule has 0 spiro atoms. The van der Waals surface area contributed by atoms with Crippen LogP contribution in [0, 0.1) is 5.92 Å². The van der Waals surface area contributed by atoms with Gasteiger partial charge in [0.25, 0.3) is 5.56 Å². The van der Waals surface area contributed by atoms with Crippen molar-refractivity contribution < 1.29 is 0 Å². The lowest BCUT2D eigenvalue weighted by atomic mass is 10.2. The minimum atomic E-state index is -0.0742. The summed E-state index contributed by atoms with van der Waals surface area (Å²) in [5, 5.41) is 3.32. The Hall–Kier alpha value is -1.32. The molecule has 0 bridgehead atoms. The van der Waals surface area contributed by atoms with Gasteiger partial charge in [0.2, 0.25) is 0 Å². The first-order valence-electron chi connectivity index (χ1n) is 5.98. The monoisotopic (exact) mass is 221 g/mol. The highest BCUT2D eigenvalue weighted by molar-refractivity contribution is 5.37. The van der Waals surface area contributed by atoms with Gasteiger partial charge >= 0.3 is 0 Å². The van der Waals surface area contributed by atoms with Crippen LogP contribution >= 0.6 is 0 Å². The van der Waals surface area contributed by atoms with Gasteiger partial charge in [-0.1, -0.05) is 27.2 Å². The molecule has 1 saturated carbocycles. The normalized spacial score (nSPS) is 23.5. The van der Waals surface area contributed by atoms with Gasteiger partial charge in [-0.2, -0.15) is 0 Å². The summed E-state index contributed by atoms with van der Waals surface area (Å²) in [6, 6.07) is 2.05. The van der Waals surface area contributed by atoms with Crippen LogP contribution in [0.3, 0.4) is 0 Å². The summed E-state index contributed by atoms with van der Waals surface area (Å²) in [7, 11) is 0. The average Bonchev–Trinajstić information content (AvgIpc) is 2.95. The Labute approximate surface area is 95.5 Å². The van der Waals surface area contributed by atoms with Gasteiger partial charge in [-0.3, -0.25) is 4.79 Å². The maximum atomic E-state index is 11.4. The highest BCUT2D eigenvalue weighted by Gasteiger charge is 2.35. The second-order valence-corrected chi connectivity index (χ2v) is 4.83. The molecular formula is C12H19N3O. The summed E-state index contributed by atoms with van der Waals surface area (Å²) < 4.78 is 0. The Morgan fingerprint density at radius 2 is 2.38 bits per heavy atom. The van der Waals surface area contributed by atoms with Crippen molar-refractivity contribution in [1.82, 2.24) is 9.97 Å². The minimum Gasteiger partial charge on any atom is -0.367 e. The summed E-state index contributed by atoms with van der Waals surface area (Å²) >= 11 is 0. The third-order valence-corrected chi connectivity index (χ3v) is 3.09. The third kappa shape index (κ3) is 2.43. The number of hydrogen-bond acceptors (Lipinski definition) is 3. The van der Waals surface area contributed by atoms with Gasteiger partial charge in [0.1, 0.15) is 11.6 Å². The zero-order valence-electron chi connectivity index (χ0n) is 10.1. The van der Waals surface area contributed by atoms with Crippen LogP contribution in [0.15, 0.2) is 10.9 Å². The molecule has 2 unspecified atom stereocenters. The maximum absolute atomic E-state index is 11.4. The summed E-state index contributed by atoms with van der Waals surface area (Å²) in [6.45, 7) is 6.24. The molecular weight excluding hydrogens is 202 g/mol. The Morgan fingerprint density at radius 1 is 1.62 bits per heavy atom. The van der Waals surface area contributed by atoms with Gasteiger partial charge in [-0.05, 0) is 12.3 Å². The van der Waals surface area contributed by atoms with Crippen molar-refractivity contribution in [2.75, 3.05) is 5.32 Å². The van der Waals surface area contributed by atoms with Crippen molar-refractivity contribution in [2.45, 2.75) is 45.6 Å². The van der Waals surface area contributed by atoms with Gasteiger partial charge in [0.15, 0.2) is 0 Å². The molecule has 1 aliphatic carbocycles. The molecule has 1 fully saturated rings. The number of anilines is 1. The molecule has 4 heteroatoms. The number of aromatic amines is 1. The fourth-order valence-corrected chi connectivity index (χ4v) is 1.89. The van der Waals surface area contributed by atoms with Crippen molar-refractivity contribution in [3.63, 3.8) is 0 Å². The fourth-order valence-electron chi connectivity index (χ4n) is 1.89. The molecule has 0 saturated heterocycles. The van der Waals surface area contributed by atoms with Crippen molar-refractivity contribution >= 4 is 5.82 Å². The topological polar surface area (TPSA) is 57.8 Å². The number of nitrogens with one attached hydrogen (secondary N) is 2. The molecule has 0 radical (unpaired) electrons. The van der Waals surface area contributed by atoms with E-state index in [2.05, 4.69) is 22.2 Å². The molecule has 2 N–H and O–H groups in total. The largest absolute Gasteiger partial charge is 0.367 e. The minimum absolute atomic E-state index is 0.0742. The van der Waals surface area contributed by atoms with Crippen molar-refractivity contribution in [1.29, 1.82) is 0 Å². The van der Waals surface area contributed by atoms with E-state index in [1.54, 1.807) is 0 Å². The predicted octanol–water partition coefficient (Wildman–Crippen LogP) is 2.10. The van der Waals surface area contributed by atoms with Crippen LogP contribution in [0.1, 0.15) is 45.4 Å². The summed E-state index contributed by atoms with van der Waals surface area (Å²) in [5.41, 5.74) is -0.0742. The van der Waals surface area contributed by atoms with Gasteiger partial charge < -0.3 is 10.3 Å². The standard InChI is InChI=1S/C12H19N3O/c1-4-8-5-9(8)13-10-6-11(16)15-12(14-10)7(2)3/h6-9H,4-5H2,1-3H3,(H2,13,14,15,16). The quantitative estimate of drug-likeness (QED) is 0.818. The molecule has 0 amide bonds. The molecule has 0 aliphatic heterocycles. The fraction of sp³-hybridized carbons (Fsp3) is 0.667. The second kappa shape index (κ2) is 4.28. The van der Waals surface area contributed by atoms with E-state index in [4.69, 9.17) is 0 Å². The molecule has 0 aromatic carbocycles. The van der Waals surface area contributed by atoms with Gasteiger partial charge in [-0.25, -0.2) is 4.98 Å². The van der Waals surface area contributed by atoms with E-state index in [0.29, 0.717) is 11.9 Å². The molecule has 1 aromatic rings. The van der Waals surface area contributed by atoms with Crippen LogP contribution in [-0.4, -0.2) is 16.0 Å². The van der Waals surface area contributed by atoms with Crippen LogP contribution in [0.4, 0.5) is 5.82 Å². The molecule has 1 aliphatic rings. The summed E-state index contributed by atoms with van der Waals surface area (Å²) in [4.78, 5) is 18.6. The van der Waals surface area contributed by atoms with Crippen molar-refractivity contribution in [3.05, 3.63) is 22.2 Å². The van der Waals surface area contributed by atoms with E-state index in [1.165, 1.54) is 18.9 Å². The number of hydrogen-bond donors (Lipinski definition) is 2. The highest BCUT2D eigenvalue weighted by atomic mass is 16.1. The predicted molar refractivity (Wildman–Crippen MR) is 64.8 cm³/mol. The molecule has 1 aromatic heterocycles. The lowest BCUT2D eigenvalue weighted by Crippen LogP contribution is -2.16. The number of nitrogens with zero attached hydrogens (tertiary/aromatic N) is 1. The second-order valence-electron chi connectivity index (χ2n) is 4.83. The first-order valence-corrected chi connectivity index (χ1v) is 5.98. The van der Waals surface area contributed by atoms with E-state index in [-0.39, 0.29) is 11.5 Å². The van der Waals surface area contributed by atoms with Crippen LogP contribution in [0.25, 0.3) is 0 Å². The van der Waals surface area contributed by atoms with Crippen LogP contribution < -0.4 is 10.9 Å². The van der Waals surface area contributed by atoms with E-state index in [0.717, 1.165) is 11.7 Å². The highest BCUT2D eigenvalue weighted by Crippen LogP contribution is 2.35. The van der Waals surface area contributed by atoms with Crippen LogP contribution in [-0.2, 0) is 0 Å². The Balaban J connectivity index is 2.12. The van der Waals surface area contributed by atoms with E-state index >= 15 is 0 Å². The van der Waals surface area contributed by atoms with Gasteiger partial charge in [0, 0.05) is 18.0 Å². The maximum Gasteiger partial charge on any atom is 0.252 e. The van der Waals surface area contributed by atoms with E-state index < -0.39 is 0 Å². The average molecular weight is 221 g/mol. The lowest BCUT2D eigenvalue weighted by molar-refractivity contribution is 0.755. The Bertz CT molecular complexity index is 425. The summed E-state index contributed by atoms with van der Waals surface area (Å²) in [6.07, 6.45) is 2.39. The van der Waals surface area contributed by atoms with Crippen LogP contribution in [0.5, 0.6) is 0 Å². The molecule has 1 heterocycles. The first kappa shape index (κ1) is 11.2. The number of rotatable bonds is 4. The third-order valence-electron chi connectivity index (χ3n) is 3.09. The van der Waals surface area contributed by atoms with Gasteiger partial charge in [0.05, 0.1) is 0 Å².